The van der Waals surface area contributed by atoms with E-state index in [1.165, 1.54) is 0 Å². The van der Waals surface area contributed by atoms with E-state index in [1.807, 2.05) is 52.0 Å². The number of methoxy groups -OCH3 is 2. The molecule has 2 aromatic rings. The van der Waals surface area contributed by atoms with Crippen molar-refractivity contribution < 1.29 is 28.9 Å². The van der Waals surface area contributed by atoms with E-state index in [9.17, 15) is 14.7 Å². The average Bonchev–Trinajstić information content (AvgIpc) is 3.15. The van der Waals surface area contributed by atoms with Crippen LogP contribution in [0.2, 0.25) is 0 Å². The van der Waals surface area contributed by atoms with Gasteiger partial charge in [0.1, 0.15) is 23.9 Å². The lowest BCUT2D eigenvalue weighted by Gasteiger charge is -2.24. The fourth-order valence-electron chi connectivity index (χ4n) is 4.25. The van der Waals surface area contributed by atoms with Crippen LogP contribution in [-0.4, -0.2) is 54.9 Å². The highest BCUT2D eigenvalue weighted by Gasteiger charge is 2.31. The molecule has 0 aromatic heterocycles. The lowest BCUT2D eigenvalue weighted by Crippen LogP contribution is -2.35. The van der Waals surface area contributed by atoms with Crippen LogP contribution in [0.4, 0.5) is 4.79 Å². The Morgan fingerprint density at radius 2 is 1.66 bits per heavy atom. The Kier molecular flexibility index (Phi) is 9.04. The maximum absolute atomic E-state index is 11.7. The van der Waals surface area contributed by atoms with Crippen molar-refractivity contribution in [3.05, 3.63) is 52.1 Å². The Morgan fingerprint density at radius 3 is 2.23 bits per heavy atom. The van der Waals surface area contributed by atoms with E-state index >= 15 is 0 Å². The minimum absolute atomic E-state index is 0.0198. The summed E-state index contributed by atoms with van der Waals surface area (Å²) in [6.07, 6.45) is -0.290. The third-order valence-electron chi connectivity index (χ3n) is 6.25. The molecule has 3 N–H and O–H groups in total. The van der Waals surface area contributed by atoms with Gasteiger partial charge < -0.3 is 24.6 Å². The summed E-state index contributed by atoms with van der Waals surface area (Å²) in [5.74, 6) is 1.90. The number of nitrogens with one attached hydrogen (secondary N) is 2. The van der Waals surface area contributed by atoms with Crippen LogP contribution in [0, 0.1) is 20.8 Å². The minimum atomic E-state index is -0.780. The van der Waals surface area contributed by atoms with Crippen LogP contribution in [0.5, 0.6) is 17.2 Å². The first-order chi connectivity index (χ1) is 16.7. The number of hydrogen-bond acceptors (Lipinski definition) is 8. The Hall–Kier alpha value is -2.75. The first kappa shape index (κ1) is 26.8. The van der Waals surface area contributed by atoms with Crippen LogP contribution < -0.4 is 24.8 Å². The SMILES string of the molecule is COc1c(C)c(C)c(OC)c(C(O)CNC(C)COc2ccc(CC3SC(=O)NC3=O)cc2)c1C. The molecule has 1 fully saturated rings. The summed E-state index contributed by atoms with van der Waals surface area (Å²) in [4.78, 5) is 23.1. The zero-order valence-electron chi connectivity index (χ0n) is 21.1. The smallest absolute Gasteiger partial charge is 0.286 e. The molecule has 9 heteroatoms. The number of carbonyl (C=O) groups excluding carboxylic acids is 2. The van der Waals surface area contributed by atoms with Gasteiger partial charge in [-0.25, -0.2) is 0 Å². The normalized spacial score (nSPS) is 17.2. The zero-order chi connectivity index (χ0) is 25.7. The first-order valence-corrected chi connectivity index (χ1v) is 12.4. The molecule has 8 nitrogen and oxygen atoms in total. The number of carbonyl (C=O) groups is 2. The molecule has 0 aliphatic carbocycles. The number of aliphatic hydroxyl groups is 1. The number of benzene rings is 2. The van der Waals surface area contributed by atoms with Gasteiger partial charge in [-0.2, -0.15) is 0 Å². The molecule has 0 saturated carbocycles. The minimum Gasteiger partial charge on any atom is -0.496 e. The van der Waals surface area contributed by atoms with E-state index in [1.54, 1.807) is 14.2 Å². The summed E-state index contributed by atoms with van der Waals surface area (Å²) >= 11 is 1.03. The third-order valence-corrected chi connectivity index (χ3v) is 7.23. The molecule has 3 rings (SSSR count). The topological polar surface area (TPSA) is 106 Å². The molecular weight excluding hydrogens is 468 g/mol. The number of ether oxygens (including phenoxy) is 3. The van der Waals surface area contributed by atoms with E-state index in [0.717, 1.165) is 45.3 Å². The fourth-order valence-corrected chi connectivity index (χ4v) is 5.11. The van der Waals surface area contributed by atoms with Gasteiger partial charge in [0.25, 0.3) is 5.24 Å². The second kappa shape index (κ2) is 11.8. The number of imide groups is 1. The van der Waals surface area contributed by atoms with E-state index in [-0.39, 0.29) is 22.4 Å². The lowest BCUT2D eigenvalue weighted by molar-refractivity contribution is -0.118. The molecule has 0 radical (unpaired) electrons. The fraction of sp³-hybridized carbons (Fsp3) is 0.462. The van der Waals surface area contributed by atoms with Crippen LogP contribution in [0.1, 0.15) is 40.8 Å². The number of amides is 2. The summed E-state index contributed by atoms with van der Waals surface area (Å²) in [6.45, 7) is 8.59. The van der Waals surface area contributed by atoms with Crippen LogP contribution in [0.15, 0.2) is 24.3 Å². The highest BCUT2D eigenvalue weighted by Crippen LogP contribution is 2.40. The Bertz CT molecular complexity index is 1070. The van der Waals surface area contributed by atoms with E-state index < -0.39 is 6.10 Å². The quantitative estimate of drug-likeness (QED) is 0.428. The Morgan fingerprint density at radius 1 is 1.03 bits per heavy atom. The van der Waals surface area contributed by atoms with Gasteiger partial charge in [0.15, 0.2) is 0 Å². The molecule has 2 aromatic carbocycles. The van der Waals surface area contributed by atoms with Gasteiger partial charge in [0.05, 0.1) is 25.6 Å². The van der Waals surface area contributed by atoms with Gasteiger partial charge in [0.2, 0.25) is 5.91 Å². The second-order valence-electron chi connectivity index (χ2n) is 8.72. The summed E-state index contributed by atoms with van der Waals surface area (Å²) in [5.41, 5.74) is 4.49. The van der Waals surface area contributed by atoms with Crippen LogP contribution in [0.3, 0.4) is 0 Å². The predicted octanol–water partition coefficient (Wildman–Crippen LogP) is 3.61. The summed E-state index contributed by atoms with van der Waals surface area (Å²) in [7, 11) is 3.24. The summed E-state index contributed by atoms with van der Waals surface area (Å²) < 4.78 is 17.1. The Balaban J connectivity index is 1.53. The number of rotatable bonds is 11. The summed E-state index contributed by atoms with van der Waals surface area (Å²) in [5, 5.41) is 15.9. The molecule has 190 valence electrons. The van der Waals surface area contributed by atoms with Crippen molar-refractivity contribution in [1.82, 2.24) is 10.6 Å². The van der Waals surface area contributed by atoms with Crippen molar-refractivity contribution in [2.75, 3.05) is 27.4 Å². The van der Waals surface area contributed by atoms with Gasteiger partial charge >= 0.3 is 0 Å². The largest absolute Gasteiger partial charge is 0.496 e. The molecular formula is C26H34N2O6S. The van der Waals surface area contributed by atoms with Crippen molar-refractivity contribution in [1.29, 1.82) is 0 Å². The second-order valence-corrected chi connectivity index (χ2v) is 9.90. The zero-order valence-corrected chi connectivity index (χ0v) is 21.9. The highest BCUT2D eigenvalue weighted by molar-refractivity contribution is 8.15. The molecule has 3 atom stereocenters. The predicted molar refractivity (Wildman–Crippen MR) is 137 cm³/mol. The summed E-state index contributed by atoms with van der Waals surface area (Å²) in [6, 6.07) is 7.48. The van der Waals surface area contributed by atoms with Crippen LogP contribution >= 0.6 is 11.8 Å². The lowest BCUT2D eigenvalue weighted by atomic mass is 9.93. The van der Waals surface area contributed by atoms with Crippen molar-refractivity contribution >= 4 is 22.9 Å². The maximum Gasteiger partial charge on any atom is 0.286 e. The van der Waals surface area contributed by atoms with Gasteiger partial charge in [-0.3, -0.25) is 14.9 Å². The monoisotopic (exact) mass is 502 g/mol. The molecule has 1 saturated heterocycles. The standard InChI is InChI=1S/C26H34N2O6S/c1-14(13-34-19-9-7-18(8-10-19)11-21-25(30)28-26(31)35-21)27-12-20(29)22-17(4)23(32-5)15(2)16(3)24(22)33-6/h7-10,14,20-21,27,29H,11-13H2,1-6H3,(H,28,30,31). The van der Waals surface area contributed by atoms with E-state index in [2.05, 4.69) is 10.6 Å². The number of hydrogen-bond donors (Lipinski definition) is 3. The molecule has 0 spiro atoms. The highest BCUT2D eigenvalue weighted by atomic mass is 32.2. The Labute approximate surface area is 210 Å². The molecule has 3 unspecified atom stereocenters. The van der Waals surface area contributed by atoms with Crippen molar-refractivity contribution in [2.45, 2.75) is 51.5 Å². The average molecular weight is 503 g/mol. The number of aliphatic hydroxyl groups excluding tert-OH is 1. The van der Waals surface area contributed by atoms with Crippen molar-refractivity contribution in [3.8, 4) is 17.2 Å². The van der Waals surface area contributed by atoms with Crippen LogP contribution in [-0.2, 0) is 11.2 Å². The van der Waals surface area contributed by atoms with Crippen molar-refractivity contribution in [3.63, 3.8) is 0 Å². The molecule has 2 amide bonds. The molecule has 1 aliphatic heterocycles. The van der Waals surface area contributed by atoms with E-state index in [4.69, 9.17) is 14.2 Å². The maximum atomic E-state index is 11.7. The first-order valence-electron chi connectivity index (χ1n) is 11.5. The van der Waals surface area contributed by atoms with Gasteiger partial charge in [-0.05, 0) is 62.9 Å². The van der Waals surface area contributed by atoms with Gasteiger partial charge in [0, 0.05) is 23.7 Å². The van der Waals surface area contributed by atoms with Crippen molar-refractivity contribution in [2.24, 2.45) is 0 Å². The molecule has 35 heavy (non-hydrogen) atoms. The number of thioether (sulfide) groups is 1. The molecule has 1 heterocycles. The van der Waals surface area contributed by atoms with Gasteiger partial charge in [-0.1, -0.05) is 23.9 Å². The van der Waals surface area contributed by atoms with E-state index in [0.29, 0.717) is 31.1 Å². The third kappa shape index (κ3) is 6.28. The molecule has 0 bridgehead atoms. The van der Waals surface area contributed by atoms with Crippen LogP contribution in [0.25, 0.3) is 0 Å². The molecule has 1 aliphatic rings. The van der Waals surface area contributed by atoms with Gasteiger partial charge in [-0.15, -0.1) is 0 Å².